The second-order valence-electron chi connectivity index (χ2n) is 4.88. The molecule has 0 aliphatic carbocycles. The molecular formula is C17H16FNO2. The Morgan fingerprint density at radius 1 is 1.14 bits per heavy atom. The molecule has 1 heterocycles. The van der Waals surface area contributed by atoms with E-state index >= 15 is 0 Å². The van der Waals surface area contributed by atoms with E-state index in [-0.39, 0.29) is 18.2 Å². The maximum absolute atomic E-state index is 13.9. The summed E-state index contributed by atoms with van der Waals surface area (Å²) >= 11 is 0. The van der Waals surface area contributed by atoms with Gasteiger partial charge in [0.25, 0.3) is 0 Å². The van der Waals surface area contributed by atoms with Gasteiger partial charge in [-0.2, -0.15) is 0 Å². The lowest BCUT2D eigenvalue weighted by Gasteiger charge is -2.08. The van der Waals surface area contributed by atoms with Gasteiger partial charge in [0.2, 0.25) is 0 Å². The first kappa shape index (κ1) is 13.6. The highest BCUT2D eigenvalue weighted by Crippen LogP contribution is 2.27. The van der Waals surface area contributed by atoms with Crippen LogP contribution in [0, 0.1) is 12.7 Å². The second kappa shape index (κ2) is 5.58. The molecule has 3 aromatic rings. The van der Waals surface area contributed by atoms with Gasteiger partial charge in [0.1, 0.15) is 18.0 Å². The summed E-state index contributed by atoms with van der Waals surface area (Å²) in [7, 11) is 0. The molecule has 0 aliphatic heterocycles. The number of rotatable bonds is 4. The van der Waals surface area contributed by atoms with Crippen LogP contribution >= 0.6 is 0 Å². The number of fused-ring (bicyclic) bond motifs is 1. The predicted molar refractivity (Wildman–Crippen MR) is 79.6 cm³/mol. The molecule has 0 unspecified atom stereocenters. The second-order valence-corrected chi connectivity index (χ2v) is 4.88. The number of aryl methyl sites for hydroxylation is 1. The molecule has 0 radical (unpaired) electrons. The maximum atomic E-state index is 13.9. The summed E-state index contributed by atoms with van der Waals surface area (Å²) in [6.45, 7) is 2.21. The van der Waals surface area contributed by atoms with E-state index in [0.29, 0.717) is 17.9 Å². The Kier molecular flexibility index (Phi) is 3.62. The number of halogens is 1. The maximum Gasteiger partial charge on any atom is 0.167 e. The van der Waals surface area contributed by atoms with E-state index in [9.17, 15) is 4.39 Å². The number of ether oxygens (including phenoxy) is 1. The van der Waals surface area contributed by atoms with Gasteiger partial charge in [-0.1, -0.05) is 30.3 Å². The average molecular weight is 285 g/mol. The molecule has 0 aliphatic rings. The molecule has 0 bridgehead atoms. The van der Waals surface area contributed by atoms with E-state index in [1.54, 1.807) is 25.1 Å². The molecule has 3 nitrogen and oxygen atoms in total. The number of hydrogen-bond donors (Lipinski definition) is 1. The minimum Gasteiger partial charge on any atom is -0.483 e. The molecule has 0 amide bonds. The third-order valence-corrected chi connectivity index (χ3v) is 3.50. The van der Waals surface area contributed by atoms with Gasteiger partial charge >= 0.3 is 0 Å². The van der Waals surface area contributed by atoms with Crippen LogP contribution in [0.2, 0.25) is 0 Å². The zero-order valence-corrected chi connectivity index (χ0v) is 11.7. The zero-order chi connectivity index (χ0) is 14.8. The third kappa shape index (κ3) is 2.50. The highest BCUT2D eigenvalue weighted by Gasteiger charge is 2.14. The monoisotopic (exact) mass is 285 g/mol. The number of nitrogens with two attached hydrogens (primary N) is 1. The minimum absolute atomic E-state index is 0.154. The van der Waals surface area contributed by atoms with E-state index in [1.807, 2.05) is 24.3 Å². The number of para-hydroxylation sites is 1. The molecular weight excluding hydrogens is 269 g/mol. The summed E-state index contributed by atoms with van der Waals surface area (Å²) in [5.74, 6) is 0.515. The fraction of sp³-hybridized carbons (Fsp3) is 0.176. The Labute approximate surface area is 122 Å². The van der Waals surface area contributed by atoms with Crippen molar-refractivity contribution < 1.29 is 13.5 Å². The van der Waals surface area contributed by atoms with Crippen LogP contribution in [-0.4, -0.2) is 0 Å². The van der Waals surface area contributed by atoms with Gasteiger partial charge in [-0.15, -0.1) is 0 Å². The van der Waals surface area contributed by atoms with Crippen molar-refractivity contribution in [1.29, 1.82) is 0 Å². The van der Waals surface area contributed by atoms with E-state index in [1.165, 1.54) is 0 Å². The Hall–Kier alpha value is -2.33. The Morgan fingerprint density at radius 3 is 2.76 bits per heavy atom. The Morgan fingerprint density at radius 2 is 1.95 bits per heavy atom. The first-order valence-corrected chi connectivity index (χ1v) is 6.78. The predicted octanol–water partition coefficient (Wildman–Crippen LogP) is 3.92. The fourth-order valence-electron chi connectivity index (χ4n) is 2.37. The molecule has 4 heteroatoms. The molecule has 0 saturated carbocycles. The summed E-state index contributed by atoms with van der Waals surface area (Å²) in [4.78, 5) is 0. The minimum atomic E-state index is -0.345. The summed E-state index contributed by atoms with van der Waals surface area (Å²) in [6.07, 6.45) is 0. The fourth-order valence-corrected chi connectivity index (χ4v) is 2.37. The molecule has 108 valence electrons. The molecule has 2 N–H and O–H groups in total. The first-order chi connectivity index (χ1) is 10.2. The molecule has 1 aromatic heterocycles. The van der Waals surface area contributed by atoms with E-state index in [2.05, 4.69) is 0 Å². The molecule has 0 fully saturated rings. The van der Waals surface area contributed by atoms with Crippen LogP contribution < -0.4 is 10.5 Å². The summed E-state index contributed by atoms with van der Waals surface area (Å²) in [5.41, 5.74) is 8.01. The SMILES string of the molecule is Cc1cccc(OCc2oc3ccccc3c2CN)c1F. The van der Waals surface area contributed by atoms with Crippen LogP contribution in [0.3, 0.4) is 0 Å². The van der Waals surface area contributed by atoms with Crippen LogP contribution in [0.25, 0.3) is 11.0 Å². The number of benzene rings is 2. The molecule has 0 atom stereocenters. The third-order valence-electron chi connectivity index (χ3n) is 3.50. The molecule has 2 aromatic carbocycles. The smallest absolute Gasteiger partial charge is 0.167 e. The Bertz CT molecular complexity index is 780. The van der Waals surface area contributed by atoms with Crippen LogP contribution in [0.4, 0.5) is 4.39 Å². The lowest BCUT2D eigenvalue weighted by atomic mass is 10.1. The number of furan rings is 1. The van der Waals surface area contributed by atoms with Crippen molar-refractivity contribution in [2.45, 2.75) is 20.1 Å². The van der Waals surface area contributed by atoms with Crippen molar-refractivity contribution in [1.82, 2.24) is 0 Å². The van der Waals surface area contributed by atoms with Crippen LogP contribution in [0.15, 0.2) is 46.9 Å². The molecule has 3 rings (SSSR count). The van der Waals surface area contributed by atoms with Crippen molar-refractivity contribution >= 4 is 11.0 Å². The van der Waals surface area contributed by atoms with Gasteiger partial charge in [-0.05, 0) is 24.6 Å². The summed E-state index contributed by atoms with van der Waals surface area (Å²) in [6, 6.07) is 12.7. The van der Waals surface area contributed by atoms with Gasteiger partial charge in [-0.25, -0.2) is 4.39 Å². The molecule has 0 saturated heterocycles. The molecule has 0 spiro atoms. The van der Waals surface area contributed by atoms with E-state index < -0.39 is 0 Å². The standard InChI is InChI=1S/C17H16FNO2/c1-11-5-4-8-15(17(11)18)20-10-16-13(9-19)12-6-2-3-7-14(12)21-16/h2-8H,9-10,19H2,1H3. The van der Waals surface area contributed by atoms with Crippen LogP contribution in [0.1, 0.15) is 16.9 Å². The van der Waals surface area contributed by atoms with E-state index in [4.69, 9.17) is 14.9 Å². The van der Waals surface area contributed by atoms with Crippen molar-refractivity contribution in [2.75, 3.05) is 0 Å². The van der Waals surface area contributed by atoms with Crippen molar-refractivity contribution in [3.63, 3.8) is 0 Å². The lowest BCUT2D eigenvalue weighted by Crippen LogP contribution is -2.03. The van der Waals surface area contributed by atoms with Crippen molar-refractivity contribution in [2.24, 2.45) is 5.73 Å². The van der Waals surface area contributed by atoms with E-state index in [0.717, 1.165) is 16.5 Å². The first-order valence-electron chi connectivity index (χ1n) is 6.78. The van der Waals surface area contributed by atoms with Crippen molar-refractivity contribution in [3.05, 3.63) is 65.2 Å². The average Bonchev–Trinajstić information content (AvgIpc) is 2.86. The normalized spacial score (nSPS) is 11.0. The van der Waals surface area contributed by atoms with Crippen LogP contribution in [-0.2, 0) is 13.2 Å². The molecule has 21 heavy (non-hydrogen) atoms. The van der Waals surface area contributed by atoms with Gasteiger partial charge < -0.3 is 14.9 Å². The highest BCUT2D eigenvalue weighted by molar-refractivity contribution is 5.82. The van der Waals surface area contributed by atoms with Crippen LogP contribution in [0.5, 0.6) is 5.75 Å². The van der Waals surface area contributed by atoms with Gasteiger partial charge in [-0.3, -0.25) is 0 Å². The van der Waals surface area contributed by atoms with Gasteiger partial charge in [0.15, 0.2) is 11.6 Å². The quantitative estimate of drug-likeness (QED) is 0.790. The van der Waals surface area contributed by atoms with Gasteiger partial charge in [0.05, 0.1) is 0 Å². The highest BCUT2D eigenvalue weighted by atomic mass is 19.1. The van der Waals surface area contributed by atoms with Gasteiger partial charge in [0, 0.05) is 17.5 Å². The largest absolute Gasteiger partial charge is 0.483 e. The Balaban J connectivity index is 1.90. The summed E-state index contributed by atoms with van der Waals surface area (Å²) in [5, 5.41) is 0.975. The number of hydrogen-bond acceptors (Lipinski definition) is 3. The zero-order valence-electron chi connectivity index (χ0n) is 11.7. The lowest BCUT2D eigenvalue weighted by molar-refractivity contribution is 0.260. The van der Waals surface area contributed by atoms with Crippen molar-refractivity contribution in [3.8, 4) is 5.75 Å². The summed E-state index contributed by atoms with van der Waals surface area (Å²) < 4.78 is 25.2. The topological polar surface area (TPSA) is 48.4 Å².